The molecule has 0 saturated carbocycles. The molecule has 2 aromatic heterocycles. The standard InChI is InChI=1S/C23H25N5O2/c1-2-3-8-19-27-21-22(17-6-4-5-7-18(17)26-23(21)24)28(19)13-15-9-11-16(12-10-15)25-20(30)14-29/h4-7,9-12,29H,2-3,8,13-14H2,1H3,(H2,24,26)(H,25,30). The van der Waals surface area contributed by atoms with Crippen molar-refractivity contribution in [1.82, 2.24) is 14.5 Å². The van der Waals surface area contributed by atoms with Crippen molar-refractivity contribution in [3.8, 4) is 0 Å². The molecule has 0 bridgehead atoms. The molecule has 2 aromatic carbocycles. The Hall–Kier alpha value is -3.45. The largest absolute Gasteiger partial charge is 0.387 e. The van der Waals surface area contributed by atoms with Gasteiger partial charge in [0.05, 0.1) is 11.0 Å². The first-order chi connectivity index (χ1) is 14.6. The van der Waals surface area contributed by atoms with Gasteiger partial charge in [-0.1, -0.05) is 43.7 Å². The lowest BCUT2D eigenvalue weighted by Crippen LogP contribution is -2.15. The summed E-state index contributed by atoms with van der Waals surface area (Å²) in [6.07, 6.45) is 2.99. The molecular weight excluding hydrogens is 378 g/mol. The SMILES string of the molecule is CCCCc1nc2c(N)nc3ccccc3c2n1Cc1ccc(NC(=O)CO)cc1. The Balaban J connectivity index is 1.79. The van der Waals surface area contributed by atoms with Crippen molar-refractivity contribution in [2.24, 2.45) is 0 Å². The van der Waals surface area contributed by atoms with Crippen LogP contribution in [0.25, 0.3) is 21.9 Å². The van der Waals surface area contributed by atoms with E-state index in [1.807, 2.05) is 42.5 Å². The predicted molar refractivity (Wildman–Crippen MR) is 119 cm³/mol. The van der Waals surface area contributed by atoms with Crippen molar-refractivity contribution in [1.29, 1.82) is 0 Å². The first-order valence-electron chi connectivity index (χ1n) is 10.1. The van der Waals surface area contributed by atoms with Crippen LogP contribution >= 0.6 is 0 Å². The van der Waals surface area contributed by atoms with E-state index >= 15 is 0 Å². The summed E-state index contributed by atoms with van der Waals surface area (Å²) in [5, 5.41) is 12.6. The van der Waals surface area contributed by atoms with Gasteiger partial charge in [0.15, 0.2) is 5.82 Å². The lowest BCUT2D eigenvalue weighted by Gasteiger charge is -2.12. The number of hydrogen-bond acceptors (Lipinski definition) is 5. The number of pyridine rings is 1. The number of amides is 1. The number of hydrogen-bond donors (Lipinski definition) is 3. The highest BCUT2D eigenvalue weighted by Gasteiger charge is 2.17. The molecule has 154 valence electrons. The molecule has 0 radical (unpaired) electrons. The van der Waals surface area contributed by atoms with Gasteiger partial charge in [0.2, 0.25) is 5.91 Å². The van der Waals surface area contributed by atoms with Crippen LogP contribution in [-0.2, 0) is 17.8 Å². The number of imidazole rings is 1. The van der Waals surface area contributed by atoms with E-state index in [2.05, 4.69) is 27.9 Å². The fourth-order valence-electron chi connectivity index (χ4n) is 3.68. The highest BCUT2D eigenvalue weighted by Crippen LogP contribution is 2.30. The number of carbonyl (C=O) groups is 1. The van der Waals surface area contributed by atoms with Gasteiger partial charge in [-0.25, -0.2) is 9.97 Å². The van der Waals surface area contributed by atoms with Gasteiger partial charge in [0.1, 0.15) is 17.9 Å². The molecule has 0 atom stereocenters. The minimum absolute atomic E-state index is 0.431. The minimum atomic E-state index is -0.536. The van der Waals surface area contributed by atoms with Crippen molar-refractivity contribution < 1.29 is 9.90 Å². The number of carbonyl (C=O) groups excluding carboxylic acids is 1. The molecule has 1 amide bonds. The fraction of sp³-hybridized carbons (Fsp3) is 0.261. The Bertz CT molecular complexity index is 1200. The number of aliphatic hydroxyl groups is 1. The summed E-state index contributed by atoms with van der Waals surface area (Å²) in [6, 6.07) is 15.6. The number of nitrogens with two attached hydrogens (primary N) is 1. The minimum Gasteiger partial charge on any atom is -0.387 e. The van der Waals surface area contributed by atoms with Crippen molar-refractivity contribution in [2.75, 3.05) is 17.7 Å². The molecule has 0 aliphatic carbocycles. The van der Waals surface area contributed by atoms with Gasteiger partial charge in [0, 0.05) is 24.0 Å². The molecule has 30 heavy (non-hydrogen) atoms. The Labute approximate surface area is 174 Å². The lowest BCUT2D eigenvalue weighted by atomic mass is 10.1. The summed E-state index contributed by atoms with van der Waals surface area (Å²) in [5.41, 5.74) is 10.6. The van der Waals surface area contributed by atoms with Crippen LogP contribution < -0.4 is 11.1 Å². The summed E-state index contributed by atoms with van der Waals surface area (Å²) >= 11 is 0. The van der Waals surface area contributed by atoms with Crippen molar-refractivity contribution in [3.05, 3.63) is 59.9 Å². The normalized spacial score (nSPS) is 11.3. The maximum atomic E-state index is 11.4. The Morgan fingerprint density at radius 3 is 2.63 bits per heavy atom. The fourth-order valence-corrected chi connectivity index (χ4v) is 3.68. The number of aryl methyl sites for hydroxylation is 1. The maximum Gasteiger partial charge on any atom is 0.250 e. The molecule has 0 fully saturated rings. The summed E-state index contributed by atoms with van der Waals surface area (Å²) in [7, 11) is 0. The number of aromatic nitrogens is 3. The summed E-state index contributed by atoms with van der Waals surface area (Å²) in [6.45, 7) is 2.26. The second kappa shape index (κ2) is 8.51. The first kappa shape index (κ1) is 19.8. The van der Waals surface area contributed by atoms with Gasteiger partial charge in [0.25, 0.3) is 0 Å². The zero-order chi connectivity index (χ0) is 21.1. The van der Waals surface area contributed by atoms with Crippen LogP contribution in [0.2, 0.25) is 0 Å². The summed E-state index contributed by atoms with van der Waals surface area (Å²) in [5.74, 6) is 1.01. The van der Waals surface area contributed by atoms with Crippen LogP contribution in [0.1, 0.15) is 31.2 Å². The molecule has 7 heteroatoms. The number of anilines is 2. The molecule has 4 N–H and O–H groups in total. The number of unbranched alkanes of at least 4 members (excludes halogenated alkanes) is 1. The number of nitrogens with one attached hydrogen (secondary N) is 1. The molecule has 0 saturated heterocycles. The van der Waals surface area contributed by atoms with E-state index in [0.29, 0.717) is 18.1 Å². The van der Waals surface area contributed by atoms with E-state index in [1.165, 1.54) is 0 Å². The van der Waals surface area contributed by atoms with Gasteiger partial charge >= 0.3 is 0 Å². The van der Waals surface area contributed by atoms with E-state index in [1.54, 1.807) is 0 Å². The quantitative estimate of drug-likeness (QED) is 0.438. The van der Waals surface area contributed by atoms with Crippen LogP contribution in [0.5, 0.6) is 0 Å². The van der Waals surface area contributed by atoms with E-state index in [9.17, 15) is 4.79 Å². The van der Waals surface area contributed by atoms with Gasteiger partial charge in [-0.15, -0.1) is 0 Å². The molecule has 0 aliphatic rings. The van der Waals surface area contributed by atoms with Gasteiger partial charge < -0.3 is 20.7 Å². The number of nitrogen functional groups attached to an aromatic ring is 1. The second-order valence-electron chi connectivity index (χ2n) is 7.33. The van der Waals surface area contributed by atoms with Crippen LogP contribution in [0.15, 0.2) is 48.5 Å². The van der Waals surface area contributed by atoms with Crippen molar-refractivity contribution >= 4 is 39.3 Å². The van der Waals surface area contributed by atoms with Gasteiger partial charge in [-0.2, -0.15) is 0 Å². The molecule has 2 heterocycles. The molecule has 7 nitrogen and oxygen atoms in total. The summed E-state index contributed by atoms with van der Waals surface area (Å²) < 4.78 is 2.23. The molecule has 4 aromatic rings. The van der Waals surface area contributed by atoms with Crippen LogP contribution in [-0.4, -0.2) is 32.2 Å². The zero-order valence-corrected chi connectivity index (χ0v) is 16.9. The lowest BCUT2D eigenvalue weighted by molar-refractivity contribution is -0.118. The maximum absolute atomic E-state index is 11.4. The number of nitrogens with zero attached hydrogens (tertiary/aromatic N) is 3. The monoisotopic (exact) mass is 403 g/mol. The Morgan fingerprint density at radius 2 is 1.90 bits per heavy atom. The molecular formula is C23H25N5O2. The van der Waals surface area contributed by atoms with Crippen LogP contribution in [0, 0.1) is 0 Å². The highest BCUT2D eigenvalue weighted by molar-refractivity contribution is 6.06. The van der Waals surface area contributed by atoms with E-state index < -0.39 is 12.5 Å². The third-order valence-corrected chi connectivity index (χ3v) is 5.17. The predicted octanol–water partition coefficient (Wildman–Crippen LogP) is 3.49. The number of rotatable bonds is 7. The average molecular weight is 403 g/mol. The zero-order valence-electron chi connectivity index (χ0n) is 16.9. The molecule has 0 aliphatic heterocycles. The van der Waals surface area contributed by atoms with E-state index in [4.69, 9.17) is 15.8 Å². The number of para-hydroxylation sites is 1. The van der Waals surface area contributed by atoms with E-state index in [-0.39, 0.29) is 0 Å². The smallest absolute Gasteiger partial charge is 0.250 e. The third kappa shape index (κ3) is 3.84. The Kier molecular flexibility index (Phi) is 5.63. The highest BCUT2D eigenvalue weighted by atomic mass is 16.3. The van der Waals surface area contributed by atoms with Crippen LogP contribution in [0.3, 0.4) is 0 Å². The number of fused-ring (bicyclic) bond motifs is 3. The van der Waals surface area contributed by atoms with E-state index in [0.717, 1.165) is 52.6 Å². The van der Waals surface area contributed by atoms with Gasteiger partial charge in [-0.3, -0.25) is 4.79 Å². The first-order valence-corrected chi connectivity index (χ1v) is 10.1. The number of aliphatic hydroxyl groups excluding tert-OH is 1. The van der Waals surface area contributed by atoms with Gasteiger partial charge in [-0.05, 0) is 30.2 Å². The topological polar surface area (TPSA) is 106 Å². The summed E-state index contributed by atoms with van der Waals surface area (Å²) in [4.78, 5) is 20.8. The third-order valence-electron chi connectivity index (χ3n) is 5.17. The molecule has 0 spiro atoms. The molecule has 0 unspecified atom stereocenters. The number of benzene rings is 2. The second-order valence-corrected chi connectivity index (χ2v) is 7.33. The van der Waals surface area contributed by atoms with Crippen LogP contribution in [0.4, 0.5) is 11.5 Å². The Morgan fingerprint density at radius 1 is 1.13 bits per heavy atom. The van der Waals surface area contributed by atoms with Crippen molar-refractivity contribution in [3.63, 3.8) is 0 Å². The molecule has 4 rings (SSSR count). The average Bonchev–Trinajstić information content (AvgIpc) is 3.12. The van der Waals surface area contributed by atoms with Crippen molar-refractivity contribution in [2.45, 2.75) is 32.7 Å².